The third-order valence-corrected chi connectivity index (χ3v) is 7.34. The average Bonchev–Trinajstić information content (AvgIpc) is 2.82. The van der Waals surface area contributed by atoms with Gasteiger partial charge in [0.2, 0.25) is 0 Å². The molecule has 0 saturated carbocycles. The molecule has 4 N–H and O–H groups in total. The van der Waals surface area contributed by atoms with Gasteiger partial charge >= 0.3 is 18.2 Å². The van der Waals surface area contributed by atoms with Crippen molar-refractivity contribution in [3.63, 3.8) is 0 Å². The number of anilines is 1. The Balaban J connectivity index is 2.03. The van der Waals surface area contributed by atoms with Gasteiger partial charge in [-0.25, -0.2) is 14.5 Å². The highest BCUT2D eigenvalue weighted by Gasteiger charge is 2.48. The summed E-state index contributed by atoms with van der Waals surface area (Å²) in [5, 5.41) is 9.29. The molecule has 2 aromatic rings. The van der Waals surface area contributed by atoms with Gasteiger partial charge in [0, 0.05) is 29.5 Å². The number of Topliss-reactive ketones (excluding diaryl/α,β-unsaturated/α-hetero) is 1. The standard InChI is InChI=1S/C24H21F3N4O5S/c1-37(35,36)19-10-13(12-28)8-9-16(19)21-20-17(6-3-7-18(20)32)30(23(34)31(21)22(29)33)15-5-2-4-14(11-15)24(25,26)27/h2,4-5,8-11,21,35-36H,3,6-7H2,1H3,(H2,29,33)/t21-/m1/s1. The number of ketones is 1. The molecule has 194 valence electrons. The van der Waals surface area contributed by atoms with Crippen LogP contribution < -0.4 is 10.6 Å². The van der Waals surface area contributed by atoms with E-state index in [4.69, 9.17) is 5.73 Å². The van der Waals surface area contributed by atoms with Gasteiger partial charge in [0.15, 0.2) is 5.78 Å². The second kappa shape index (κ2) is 9.22. The van der Waals surface area contributed by atoms with Crippen molar-refractivity contribution in [1.29, 1.82) is 5.26 Å². The van der Waals surface area contributed by atoms with Crippen molar-refractivity contribution in [2.45, 2.75) is 36.4 Å². The van der Waals surface area contributed by atoms with Crippen LogP contribution in [0.25, 0.3) is 0 Å². The van der Waals surface area contributed by atoms with E-state index in [9.17, 15) is 41.9 Å². The number of hydrogen-bond acceptors (Lipinski definition) is 6. The van der Waals surface area contributed by atoms with Crippen LogP contribution in [0.4, 0.5) is 28.4 Å². The number of urea groups is 2. The van der Waals surface area contributed by atoms with Crippen molar-refractivity contribution in [1.82, 2.24) is 4.90 Å². The van der Waals surface area contributed by atoms with Crippen LogP contribution in [0, 0.1) is 11.3 Å². The quantitative estimate of drug-likeness (QED) is 0.481. The third kappa shape index (κ3) is 4.66. The Labute approximate surface area is 210 Å². The van der Waals surface area contributed by atoms with Gasteiger partial charge in [-0.05, 0) is 43.2 Å². The molecule has 9 nitrogen and oxygen atoms in total. The molecular weight excluding hydrogens is 513 g/mol. The maximum absolute atomic E-state index is 13.7. The number of allylic oxidation sites excluding steroid dienone is 1. The molecule has 2 aromatic carbocycles. The zero-order chi connectivity index (χ0) is 27.3. The van der Waals surface area contributed by atoms with Crippen LogP contribution in [0.2, 0.25) is 0 Å². The summed E-state index contributed by atoms with van der Waals surface area (Å²) in [6.45, 7) is 0. The Hall–Kier alpha value is -3.86. The van der Waals surface area contributed by atoms with E-state index < -0.39 is 46.2 Å². The molecule has 37 heavy (non-hydrogen) atoms. The number of carbonyl (C=O) groups is 3. The van der Waals surface area contributed by atoms with Crippen molar-refractivity contribution in [3.8, 4) is 6.07 Å². The summed E-state index contributed by atoms with van der Waals surface area (Å²) in [7, 11) is -3.54. The lowest BCUT2D eigenvalue weighted by atomic mass is 9.83. The summed E-state index contributed by atoms with van der Waals surface area (Å²) in [6, 6.07) is 5.67. The number of rotatable bonds is 3. The molecular formula is C24H21F3N4O5S. The second-order valence-electron chi connectivity index (χ2n) is 8.61. The predicted octanol–water partition coefficient (Wildman–Crippen LogP) is 5.39. The molecule has 1 atom stereocenters. The van der Waals surface area contributed by atoms with Crippen molar-refractivity contribution in [3.05, 3.63) is 70.4 Å². The number of carbonyl (C=O) groups excluding carboxylic acids is 3. The van der Waals surface area contributed by atoms with E-state index in [0.717, 1.165) is 29.4 Å². The third-order valence-electron chi connectivity index (χ3n) is 6.15. The summed E-state index contributed by atoms with van der Waals surface area (Å²) in [5.74, 6) is -0.482. The van der Waals surface area contributed by atoms with E-state index in [1.54, 1.807) is 0 Å². The van der Waals surface area contributed by atoms with Gasteiger partial charge in [0.1, 0.15) is 6.04 Å². The van der Waals surface area contributed by atoms with Crippen LogP contribution in [0.1, 0.15) is 42.0 Å². The fourth-order valence-corrected chi connectivity index (χ4v) is 5.60. The summed E-state index contributed by atoms with van der Waals surface area (Å²) < 4.78 is 61.2. The number of nitrogens with two attached hydrogens (primary N) is 1. The van der Waals surface area contributed by atoms with E-state index in [1.807, 2.05) is 6.07 Å². The molecule has 13 heteroatoms. The molecule has 0 fully saturated rings. The minimum atomic E-state index is -4.72. The van der Waals surface area contributed by atoms with Gasteiger partial charge in [0.25, 0.3) is 0 Å². The number of primary amides is 1. The minimum Gasteiger partial charge on any atom is -0.351 e. The highest BCUT2D eigenvalue weighted by Crippen LogP contribution is 2.52. The number of hydrogen-bond donors (Lipinski definition) is 3. The summed E-state index contributed by atoms with van der Waals surface area (Å²) >= 11 is 0. The van der Waals surface area contributed by atoms with Crippen LogP contribution >= 0.6 is 10.6 Å². The Morgan fingerprint density at radius 3 is 2.46 bits per heavy atom. The van der Waals surface area contributed by atoms with Crippen LogP contribution in [-0.4, -0.2) is 38.1 Å². The van der Waals surface area contributed by atoms with E-state index in [2.05, 4.69) is 0 Å². The number of imide groups is 1. The lowest BCUT2D eigenvalue weighted by molar-refractivity contribution is -0.137. The molecule has 0 unspecified atom stereocenters. The number of amides is 4. The largest absolute Gasteiger partial charge is 0.416 e. The molecule has 1 aliphatic heterocycles. The lowest BCUT2D eigenvalue weighted by Crippen LogP contribution is -2.56. The average molecular weight is 535 g/mol. The van der Waals surface area contributed by atoms with Gasteiger partial charge in [-0.3, -0.25) is 18.8 Å². The van der Waals surface area contributed by atoms with Crippen LogP contribution in [0.3, 0.4) is 0 Å². The first-order chi connectivity index (χ1) is 17.3. The monoisotopic (exact) mass is 534 g/mol. The highest BCUT2D eigenvalue weighted by molar-refractivity contribution is 8.23. The van der Waals surface area contributed by atoms with E-state index in [0.29, 0.717) is 11.3 Å². The van der Waals surface area contributed by atoms with Crippen molar-refractivity contribution >= 4 is 34.1 Å². The number of alkyl halides is 3. The normalized spacial score (nSPS) is 19.0. The summed E-state index contributed by atoms with van der Waals surface area (Å²) in [6.07, 6.45) is -3.18. The number of benzene rings is 2. The van der Waals surface area contributed by atoms with Crippen molar-refractivity contribution in [2.24, 2.45) is 5.73 Å². The minimum absolute atomic E-state index is 0.0138. The number of halogens is 3. The molecule has 0 aromatic heterocycles. The Kier molecular flexibility index (Phi) is 6.53. The SMILES string of the molecule is CS(O)(O)c1cc(C#N)ccc1[C@@H]1C2=C(CCCC2=O)N(c2cccc(C(F)(F)F)c2)C(=O)N1C(N)=O. The van der Waals surface area contributed by atoms with Gasteiger partial charge in [-0.15, -0.1) is 0 Å². The molecule has 2 aliphatic rings. The van der Waals surface area contributed by atoms with Gasteiger partial charge in [0.05, 0.1) is 27.8 Å². The first-order valence-corrected chi connectivity index (χ1v) is 12.8. The van der Waals surface area contributed by atoms with Crippen molar-refractivity contribution < 1.29 is 36.7 Å². The van der Waals surface area contributed by atoms with E-state index in [1.165, 1.54) is 24.3 Å². The van der Waals surface area contributed by atoms with E-state index in [-0.39, 0.29) is 45.8 Å². The Bertz CT molecular complexity index is 1390. The molecule has 1 aliphatic carbocycles. The predicted molar refractivity (Wildman–Crippen MR) is 128 cm³/mol. The summed E-state index contributed by atoms with van der Waals surface area (Å²) in [5.41, 5.74) is 4.37. The summed E-state index contributed by atoms with van der Waals surface area (Å²) in [4.78, 5) is 40.8. The fourth-order valence-electron chi connectivity index (χ4n) is 4.62. The molecule has 4 amide bonds. The number of nitrogens with zero attached hydrogens (tertiary/aromatic N) is 3. The highest BCUT2D eigenvalue weighted by atomic mass is 32.3. The topological polar surface area (TPSA) is 148 Å². The first-order valence-electron chi connectivity index (χ1n) is 10.9. The Morgan fingerprint density at radius 1 is 1.16 bits per heavy atom. The smallest absolute Gasteiger partial charge is 0.351 e. The fraction of sp³-hybridized carbons (Fsp3) is 0.250. The lowest BCUT2D eigenvalue weighted by Gasteiger charge is -2.44. The van der Waals surface area contributed by atoms with Gasteiger partial charge < -0.3 is 5.73 Å². The zero-order valence-electron chi connectivity index (χ0n) is 19.3. The molecule has 0 bridgehead atoms. The molecule has 0 saturated heterocycles. The second-order valence-corrected chi connectivity index (χ2v) is 10.7. The maximum atomic E-state index is 13.7. The maximum Gasteiger partial charge on any atom is 0.416 e. The zero-order valence-corrected chi connectivity index (χ0v) is 20.1. The number of nitriles is 1. The van der Waals surface area contributed by atoms with Gasteiger partial charge in [-0.1, -0.05) is 12.1 Å². The van der Waals surface area contributed by atoms with E-state index >= 15 is 0 Å². The first kappa shape index (κ1) is 26.2. The molecule has 0 spiro atoms. The van der Waals surface area contributed by atoms with Crippen LogP contribution in [0.15, 0.2) is 58.6 Å². The van der Waals surface area contributed by atoms with Crippen LogP contribution in [-0.2, 0) is 11.0 Å². The molecule has 0 radical (unpaired) electrons. The van der Waals surface area contributed by atoms with Gasteiger partial charge in [-0.2, -0.15) is 29.0 Å². The Morgan fingerprint density at radius 2 is 1.86 bits per heavy atom. The molecule has 4 rings (SSSR count). The molecule has 1 heterocycles. The van der Waals surface area contributed by atoms with Crippen LogP contribution in [0.5, 0.6) is 0 Å². The van der Waals surface area contributed by atoms with Crippen molar-refractivity contribution in [2.75, 3.05) is 11.2 Å².